The fourth-order valence-electron chi connectivity index (χ4n) is 1.97. The highest BCUT2D eigenvalue weighted by atomic mass is 35.5. The molecule has 0 aliphatic heterocycles. The molecule has 0 bridgehead atoms. The number of aromatic nitrogens is 2. The predicted octanol–water partition coefficient (Wildman–Crippen LogP) is 4.68. The van der Waals surface area contributed by atoms with Gasteiger partial charge < -0.3 is 5.73 Å². The minimum absolute atomic E-state index is 0.253. The van der Waals surface area contributed by atoms with E-state index in [9.17, 15) is 4.39 Å². The summed E-state index contributed by atoms with van der Waals surface area (Å²) in [5, 5.41) is 1.05. The first-order valence-electron chi connectivity index (χ1n) is 5.55. The number of nitrogen functional groups attached to an aromatic ring is 1. The van der Waals surface area contributed by atoms with Crippen LogP contribution in [0.15, 0.2) is 30.5 Å². The van der Waals surface area contributed by atoms with Gasteiger partial charge in [-0.3, -0.25) is 4.40 Å². The molecule has 0 aliphatic carbocycles. The molecule has 0 atom stereocenters. The number of hydrogen-bond donors (Lipinski definition) is 1. The van der Waals surface area contributed by atoms with Crippen LogP contribution >= 0.6 is 34.8 Å². The number of rotatable bonds is 1. The highest BCUT2D eigenvalue weighted by Crippen LogP contribution is 2.33. The van der Waals surface area contributed by atoms with E-state index in [-0.39, 0.29) is 11.4 Å². The van der Waals surface area contributed by atoms with Crippen molar-refractivity contribution in [2.45, 2.75) is 0 Å². The molecule has 0 fully saturated rings. The highest BCUT2D eigenvalue weighted by molar-refractivity contribution is 6.36. The number of imidazole rings is 1. The van der Waals surface area contributed by atoms with Crippen LogP contribution in [0.1, 0.15) is 0 Å². The largest absolute Gasteiger partial charge is 0.383 e. The van der Waals surface area contributed by atoms with Crippen LogP contribution in [-0.4, -0.2) is 9.38 Å². The number of nitrogens with zero attached hydrogens (tertiary/aromatic N) is 2. The molecule has 20 heavy (non-hydrogen) atoms. The lowest BCUT2D eigenvalue weighted by Crippen LogP contribution is -1.95. The third kappa shape index (κ3) is 2.10. The lowest BCUT2D eigenvalue weighted by atomic mass is 10.1. The molecule has 102 valence electrons. The average Bonchev–Trinajstić information content (AvgIpc) is 2.68. The number of nitrogens with two attached hydrogens (primary N) is 1. The lowest BCUT2D eigenvalue weighted by molar-refractivity contribution is 0.631. The molecular formula is C13H7Cl3FN3. The van der Waals surface area contributed by atoms with Crippen molar-refractivity contribution in [3.63, 3.8) is 0 Å². The monoisotopic (exact) mass is 329 g/mol. The third-order valence-corrected chi connectivity index (χ3v) is 3.58. The van der Waals surface area contributed by atoms with Crippen molar-refractivity contribution in [3.8, 4) is 11.3 Å². The summed E-state index contributed by atoms with van der Waals surface area (Å²) in [6.07, 6.45) is 1.57. The topological polar surface area (TPSA) is 43.3 Å². The van der Waals surface area contributed by atoms with E-state index in [1.165, 1.54) is 16.5 Å². The van der Waals surface area contributed by atoms with Crippen molar-refractivity contribution in [1.82, 2.24) is 9.38 Å². The van der Waals surface area contributed by atoms with Gasteiger partial charge in [-0.05, 0) is 24.3 Å². The van der Waals surface area contributed by atoms with Gasteiger partial charge in [0.25, 0.3) is 0 Å². The molecule has 0 amide bonds. The fourth-order valence-corrected chi connectivity index (χ4v) is 2.64. The minimum atomic E-state index is -0.505. The van der Waals surface area contributed by atoms with Gasteiger partial charge in [0, 0.05) is 16.8 Å². The van der Waals surface area contributed by atoms with E-state index in [0.717, 1.165) is 0 Å². The molecule has 0 aliphatic rings. The molecule has 0 spiro atoms. The van der Waals surface area contributed by atoms with Gasteiger partial charge in [0.15, 0.2) is 5.65 Å². The molecule has 2 N–H and O–H groups in total. The SMILES string of the molecule is Nc1c(-c2ccc(Cl)cc2F)nc2c(Cl)cc(Cl)cn12. The number of pyridine rings is 1. The summed E-state index contributed by atoms with van der Waals surface area (Å²) in [4.78, 5) is 4.28. The predicted molar refractivity (Wildman–Crippen MR) is 80.0 cm³/mol. The van der Waals surface area contributed by atoms with Crippen molar-refractivity contribution >= 4 is 46.3 Å². The van der Waals surface area contributed by atoms with Gasteiger partial charge in [0.2, 0.25) is 0 Å². The van der Waals surface area contributed by atoms with Crippen LogP contribution in [0.25, 0.3) is 16.9 Å². The standard InChI is InChI=1S/C13H7Cl3FN3/c14-6-1-2-8(10(17)4-6)11-12(18)20-5-7(15)3-9(16)13(20)19-11/h1-5H,18H2. The Hall–Kier alpha value is -1.49. The number of benzene rings is 1. The molecule has 2 aromatic heterocycles. The van der Waals surface area contributed by atoms with E-state index in [1.54, 1.807) is 18.3 Å². The second kappa shape index (κ2) is 4.81. The molecule has 3 aromatic rings. The van der Waals surface area contributed by atoms with Crippen molar-refractivity contribution in [2.75, 3.05) is 5.73 Å². The van der Waals surface area contributed by atoms with Crippen LogP contribution in [-0.2, 0) is 0 Å². The first-order chi connectivity index (χ1) is 9.47. The Morgan fingerprint density at radius 2 is 1.85 bits per heavy atom. The van der Waals surface area contributed by atoms with Crippen molar-refractivity contribution in [1.29, 1.82) is 0 Å². The smallest absolute Gasteiger partial charge is 0.158 e. The maximum absolute atomic E-state index is 14.0. The molecule has 0 saturated carbocycles. The Kier molecular flexibility index (Phi) is 3.24. The number of anilines is 1. The number of halogens is 4. The maximum Gasteiger partial charge on any atom is 0.158 e. The zero-order chi connectivity index (χ0) is 14.4. The number of hydrogen-bond acceptors (Lipinski definition) is 2. The van der Waals surface area contributed by atoms with Gasteiger partial charge in [-0.1, -0.05) is 34.8 Å². The Labute approximate surface area is 128 Å². The van der Waals surface area contributed by atoms with Gasteiger partial charge in [-0.2, -0.15) is 0 Å². The molecule has 2 heterocycles. The summed E-state index contributed by atoms with van der Waals surface area (Å²) in [6, 6.07) is 5.84. The Morgan fingerprint density at radius 1 is 1.10 bits per heavy atom. The Bertz CT molecular complexity index is 829. The summed E-state index contributed by atoms with van der Waals surface area (Å²) in [6.45, 7) is 0. The maximum atomic E-state index is 14.0. The van der Waals surface area contributed by atoms with Gasteiger partial charge in [0.05, 0.1) is 10.0 Å². The van der Waals surface area contributed by atoms with Crippen LogP contribution in [0.4, 0.5) is 10.2 Å². The summed E-state index contributed by atoms with van der Waals surface area (Å²) in [5.41, 5.74) is 6.96. The zero-order valence-electron chi connectivity index (χ0n) is 9.87. The molecule has 3 rings (SSSR count). The molecular weight excluding hydrogens is 324 g/mol. The van der Waals surface area contributed by atoms with Crippen LogP contribution in [0.3, 0.4) is 0 Å². The third-order valence-electron chi connectivity index (χ3n) is 2.86. The first kappa shape index (κ1) is 13.5. The van der Waals surface area contributed by atoms with E-state index in [2.05, 4.69) is 4.98 Å². The van der Waals surface area contributed by atoms with E-state index in [1.807, 2.05) is 0 Å². The van der Waals surface area contributed by atoms with E-state index >= 15 is 0 Å². The summed E-state index contributed by atoms with van der Waals surface area (Å²) < 4.78 is 15.5. The zero-order valence-corrected chi connectivity index (χ0v) is 12.1. The highest BCUT2D eigenvalue weighted by Gasteiger charge is 2.17. The second-order valence-corrected chi connectivity index (χ2v) is 5.45. The van der Waals surface area contributed by atoms with Crippen molar-refractivity contribution in [2.24, 2.45) is 0 Å². The summed E-state index contributed by atoms with van der Waals surface area (Å²) in [5.74, 6) is -0.250. The summed E-state index contributed by atoms with van der Waals surface area (Å²) in [7, 11) is 0. The molecule has 0 radical (unpaired) electrons. The van der Waals surface area contributed by atoms with Gasteiger partial charge in [-0.15, -0.1) is 0 Å². The van der Waals surface area contributed by atoms with Crippen LogP contribution in [0.2, 0.25) is 15.1 Å². The van der Waals surface area contributed by atoms with Crippen LogP contribution < -0.4 is 5.73 Å². The normalized spacial score (nSPS) is 11.2. The lowest BCUT2D eigenvalue weighted by Gasteiger charge is -2.02. The molecule has 1 aromatic carbocycles. The van der Waals surface area contributed by atoms with Crippen LogP contribution in [0, 0.1) is 5.82 Å². The average molecular weight is 331 g/mol. The molecule has 0 unspecified atom stereocenters. The van der Waals surface area contributed by atoms with Gasteiger partial charge in [0.1, 0.15) is 17.3 Å². The molecule has 3 nitrogen and oxygen atoms in total. The van der Waals surface area contributed by atoms with Crippen LogP contribution in [0.5, 0.6) is 0 Å². The van der Waals surface area contributed by atoms with Crippen molar-refractivity contribution in [3.05, 3.63) is 51.3 Å². The molecule has 7 heteroatoms. The number of fused-ring (bicyclic) bond motifs is 1. The van der Waals surface area contributed by atoms with E-state index in [4.69, 9.17) is 40.5 Å². The van der Waals surface area contributed by atoms with Crippen molar-refractivity contribution < 1.29 is 4.39 Å². The van der Waals surface area contributed by atoms with E-state index in [0.29, 0.717) is 26.4 Å². The van der Waals surface area contributed by atoms with E-state index < -0.39 is 5.82 Å². The minimum Gasteiger partial charge on any atom is -0.383 e. The van der Waals surface area contributed by atoms with Gasteiger partial charge in [-0.25, -0.2) is 9.37 Å². The Balaban J connectivity index is 2.32. The first-order valence-corrected chi connectivity index (χ1v) is 6.69. The Morgan fingerprint density at radius 3 is 2.55 bits per heavy atom. The summed E-state index contributed by atoms with van der Waals surface area (Å²) >= 11 is 17.7. The molecule has 0 saturated heterocycles. The second-order valence-electron chi connectivity index (χ2n) is 4.17. The fraction of sp³-hybridized carbons (Fsp3) is 0. The van der Waals surface area contributed by atoms with Gasteiger partial charge >= 0.3 is 0 Å². The quantitative estimate of drug-likeness (QED) is 0.704.